The van der Waals surface area contributed by atoms with E-state index in [-0.39, 0.29) is 42.6 Å². The molecule has 0 radical (unpaired) electrons. The fourth-order valence-corrected chi connectivity index (χ4v) is 5.25. The number of carbonyl (C=O) groups is 1. The van der Waals surface area contributed by atoms with E-state index < -0.39 is 6.55 Å². The summed E-state index contributed by atoms with van der Waals surface area (Å²) in [5.41, 5.74) is 2.14. The molecule has 0 unspecified atom stereocenters. The van der Waals surface area contributed by atoms with E-state index in [4.69, 9.17) is 14.7 Å². The van der Waals surface area contributed by atoms with Crippen molar-refractivity contribution in [2.24, 2.45) is 0 Å². The van der Waals surface area contributed by atoms with Crippen molar-refractivity contribution in [2.75, 3.05) is 13.2 Å². The number of ether oxygens (including phenoxy) is 2. The van der Waals surface area contributed by atoms with Crippen molar-refractivity contribution in [2.45, 2.75) is 45.0 Å². The number of piperidine rings is 1. The third-order valence-corrected chi connectivity index (χ3v) is 7.35. The van der Waals surface area contributed by atoms with Gasteiger partial charge in [0.05, 0.1) is 40.8 Å². The van der Waals surface area contributed by atoms with Gasteiger partial charge in [0.15, 0.2) is 0 Å². The van der Waals surface area contributed by atoms with Crippen LogP contribution in [0.25, 0.3) is 22.2 Å². The second-order valence-electron chi connectivity index (χ2n) is 9.87. The van der Waals surface area contributed by atoms with Gasteiger partial charge in [-0.2, -0.15) is 19.1 Å². The lowest BCUT2D eigenvalue weighted by Crippen LogP contribution is -2.44. The van der Waals surface area contributed by atoms with Crippen LogP contribution in [0.5, 0.6) is 5.75 Å². The Balaban J connectivity index is 1.41. The van der Waals surface area contributed by atoms with E-state index in [2.05, 4.69) is 16.2 Å². The molecule has 2 atom stereocenters. The number of cyclic esters (lactones) is 1. The minimum atomic E-state index is -2.81. The molecule has 10 nitrogen and oxygen atoms in total. The zero-order chi connectivity index (χ0) is 28.0. The van der Waals surface area contributed by atoms with Gasteiger partial charge in [0.2, 0.25) is 0 Å². The van der Waals surface area contributed by atoms with Crippen LogP contribution < -0.4 is 10.3 Å². The molecule has 12 heteroatoms. The molecule has 4 heterocycles. The number of aromatic nitrogens is 4. The van der Waals surface area contributed by atoms with Crippen LogP contribution in [0.3, 0.4) is 0 Å². The normalized spacial score (nSPS) is 18.6. The maximum absolute atomic E-state index is 13.7. The fraction of sp³-hybridized carbons (Fsp3) is 0.321. The monoisotopic (exact) mass is 546 g/mol. The lowest BCUT2D eigenvalue weighted by molar-refractivity contribution is 0.0568. The molecule has 2 fully saturated rings. The first kappa shape index (κ1) is 25.5. The summed E-state index contributed by atoms with van der Waals surface area (Å²) in [6.45, 7) is -0.0820. The first-order valence-electron chi connectivity index (χ1n) is 12.8. The van der Waals surface area contributed by atoms with Gasteiger partial charge in [-0.25, -0.2) is 14.5 Å². The van der Waals surface area contributed by atoms with Crippen molar-refractivity contribution in [1.82, 2.24) is 24.2 Å². The Morgan fingerprint density at radius 3 is 2.73 bits per heavy atom. The third-order valence-electron chi connectivity index (χ3n) is 7.35. The van der Waals surface area contributed by atoms with Crippen LogP contribution in [0.15, 0.2) is 53.5 Å². The molecule has 6 rings (SSSR count). The largest absolute Gasteiger partial charge is 0.490 e. The van der Waals surface area contributed by atoms with Crippen LogP contribution in [0.4, 0.5) is 13.6 Å². The van der Waals surface area contributed by atoms with Gasteiger partial charge in [-0.3, -0.25) is 9.36 Å². The molecule has 2 aromatic carbocycles. The van der Waals surface area contributed by atoms with E-state index in [9.17, 15) is 18.4 Å². The number of halogens is 2. The maximum atomic E-state index is 13.7. The Morgan fingerprint density at radius 1 is 1.20 bits per heavy atom. The van der Waals surface area contributed by atoms with Crippen LogP contribution in [0.2, 0.25) is 0 Å². The van der Waals surface area contributed by atoms with Crippen molar-refractivity contribution in [3.05, 3.63) is 76.0 Å². The van der Waals surface area contributed by atoms with Crippen LogP contribution in [-0.2, 0) is 11.3 Å². The Kier molecular flexibility index (Phi) is 6.42. The average Bonchev–Trinajstić information content (AvgIpc) is 3.59. The van der Waals surface area contributed by atoms with Crippen LogP contribution >= 0.6 is 0 Å². The second kappa shape index (κ2) is 10.1. The number of hydrogen-bond donors (Lipinski definition) is 0. The number of rotatable bonds is 6. The molecule has 2 aliphatic rings. The Bertz CT molecular complexity index is 1710. The maximum Gasteiger partial charge on any atom is 0.410 e. The van der Waals surface area contributed by atoms with E-state index in [0.29, 0.717) is 57.7 Å². The fourth-order valence-electron chi connectivity index (χ4n) is 5.25. The standard InChI is InChI=1S/C28H24F2N6O4/c1-16-32-24-11-21(23-7-9-36(33-23)27(29)30)25(40-20-6-8-34-19(10-20)15-39-28(34)38)12-22(24)26(37)35(16)14-18-4-2-17(13-31)3-5-18/h2-5,7,9,11-12,19-20,27H,6,8,10,14-15H2,1H3/t19-,20-/m0/s1. The molecule has 0 saturated carbocycles. The molecule has 1 amide bonds. The van der Waals surface area contributed by atoms with Gasteiger partial charge >= 0.3 is 12.6 Å². The molecular formula is C28H24F2N6O4. The summed E-state index contributed by atoms with van der Waals surface area (Å²) in [5, 5.41) is 13.4. The number of nitrogens with zero attached hydrogens (tertiary/aromatic N) is 6. The summed E-state index contributed by atoms with van der Waals surface area (Å²) in [7, 11) is 0. The minimum Gasteiger partial charge on any atom is -0.490 e. The summed E-state index contributed by atoms with van der Waals surface area (Å²) in [4.78, 5) is 31.9. The van der Waals surface area contributed by atoms with Crippen LogP contribution in [0, 0.1) is 18.3 Å². The van der Waals surface area contributed by atoms with Gasteiger partial charge in [-0.15, -0.1) is 0 Å². The molecule has 0 aliphatic carbocycles. The van der Waals surface area contributed by atoms with Crippen molar-refractivity contribution >= 4 is 17.0 Å². The number of amides is 1. The van der Waals surface area contributed by atoms with Crippen LogP contribution in [-0.4, -0.2) is 55.6 Å². The number of benzene rings is 2. The van der Waals surface area contributed by atoms with Gasteiger partial charge in [0.25, 0.3) is 5.56 Å². The van der Waals surface area contributed by atoms with Crippen molar-refractivity contribution in [3.8, 4) is 23.1 Å². The van der Waals surface area contributed by atoms with Crippen molar-refractivity contribution < 1.29 is 23.0 Å². The smallest absolute Gasteiger partial charge is 0.410 e. The summed E-state index contributed by atoms with van der Waals surface area (Å²) in [5.74, 6) is 0.793. The SMILES string of the molecule is Cc1nc2cc(-c3ccn(C(F)F)n3)c(O[C@H]3CCN4C(=O)OC[C@@H]4C3)cc2c(=O)n1Cc1ccc(C#N)cc1. The number of carbonyl (C=O) groups excluding carboxylic acids is 1. The molecule has 4 aromatic rings. The zero-order valence-electron chi connectivity index (χ0n) is 21.5. The number of hydrogen-bond acceptors (Lipinski definition) is 7. The van der Waals surface area contributed by atoms with Crippen molar-refractivity contribution in [1.29, 1.82) is 5.26 Å². The quantitative estimate of drug-likeness (QED) is 0.355. The highest BCUT2D eigenvalue weighted by atomic mass is 19.3. The van der Waals surface area contributed by atoms with E-state index in [1.807, 2.05) is 0 Å². The predicted molar refractivity (Wildman–Crippen MR) is 139 cm³/mol. The summed E-state index contributed by atoms with van der Waals surface area (Å²) < 4.78 is 40.2. The summed E-state index contributed by atoms with van der Waals surface area (Å²) >= 11 is 0. The third kappa shape index (κ3) is 4.64. The highest BCUT2D eigenvalue weighted by Crippen LogP contribution is 2.35. The zero-order valence-corrected chi connectivity index (χ0v) is 21.5. The van der Waals surface area contributed by atoms with E-state index in [1.165, 1.54) is 12.3 Å². The molecular weight excluding hydrogens is 522 g/mol. The van der Waals surface area contributed by atoms with Gasteiger partial charge in [0, 0.05) is 31.1 Å². The molecule has 0 N–H and O–H groups in total. The molecule has 2 saturated heterocycles. The molecule has 204 valence electrons. The van der Waals surface area contributed by atoms with Gasteiger partial charge in [-0.05, 0) is 42.8 Å². The minimum absolute atomic E-state index is 0.109. The first-order chi connectivity index (χ1) is 19.3. The average molecular weight is 547 g/mol. The summed E-state index contributed by atoms with van der Waals surface area (Å²) in [6.07, 6.45) is 1.63. The second-order valence-corrected chi connectivity index (χ2v) is 9.87. The van der Waals surface area contributed by atoms with Crippen molar-refractivity contribution in [3.63, 3.8) is 0 Å². The number of nitriles is 1. The lowest BCUT2D eigenvalue weighted by Gasteiger charge is -2.33. The highest BCUT2D eigenvalue weighted by Gasteiger charge is 2.39. The molecule has 2 aromatic heterocycles. The van der Waals surface area contributed by atoms with Gasteiger partial charge in [-0.1, -0.05) is 12.1 Å². The summed E-state index contributed by atoms with van der Waals surface area (Å²) in [6, 6.07) is 13.6. The first-order valence-corrected chi connectivity index (χ1v) is 12.8. The molecule has 40 heavy (non-hydrogen) atoms. The predicted octanol–water partition coefficient (Wildman–Crippen LogP) is 4.25. The Morgan fingerprint density at radius 2 is 2.00 bits per heavy atom. The number of alkyl halides is 2. The number of aryl methyl sites for hydroxylation is 1. The van der Waals surface area contributed by atoms with Gasteiger partial charge < -0.3 is 14.4 Å². The van der Waals surface area contributed by atoms with E-state index in [0.717, 1.165) is 5.56 Å². The van der Waals surface area contributed by atoms with E-state index >= 15 is 0 Å². The van der Waals surface area contributed by atoms with E-state index in [1.54, 1.807) is 52.8 Å². The highest BCUT2D eigenvalue weighted by molar-refractivity contribution is 5.87. The Hall–Kier alpha value is -4.79. The lowest BCUT2D eigenvalue weighted by atomic mass is 10.0. The topological polar surface area (TPSA) is 115 Å². The Labute approximate surface area is 227 Å². The van der Waals surface area contributed by atoms with Gasteiger partial charge in [0.1, 0.15) is 24.3 Å². The molecule has 2 aliphatic heterocycles. The van der Waals surface area contributed by atoms with Crippen LogP contribution in [0.1, 0.15) is 36.3 Å². The molecule has 0 bridgehead atoms. The number of fused-ring (bicyclic) bond motifs is 2. The molecule has 0 spiro atoms.